The van der Waals surface area contributed by atoms with E-state index in [2.05, 4.69) is 40.1 Å². The van der Waals surface area contributed by atoms with Gasteiger partial charge in [-0.3, -0.25) is 4.68 Å². The van der Waals surface area contributed by atoms with Crippen molar-refractivity contribution in [2.75, 3.05) is 6.54 Å². The maximum absolute atomic E-state index is 5.57. The van der Waals surface area contributed by atoms with Crippen LogP contribution in [0.3, 0.4) is 0 Å². The number of aromatic nitrogens is 2. The molecule has 0 amide bonds. The average Bonchev–Trinajstić information content (AvgIpc) is 2.73. The van der Waals surface area contributed by atoms with E-state index in [1.54, 1.807) is 0 Å². The molecule has 0 aliphatic rings. The highest BCUT2D eigenvalue weighted by Gasteiger charge is 2.10. The fourth-order valence-electron chi connectivity index (χ4n) is 1.87. The second-order valence-corrected chi connectivity index (χ2v) is 4.71. The van der Waals surface area contributed by atoms with Gasteiger partial charge in [0.05, 0.1) is 11.4 Å². The molecule has 0 aliphatic heterocycles. The maximum atomic E-state index is 5.57. The Morgan fingerprint density at radius 3 is 2.76 bits per heavy atom. The molecule has 2 aromatic rings. The third-order valence-electron chi connectivity index (χ3n) is 2.68. The van der Waals surface area contributed by atoms with Crippen LogP contribution in [0.5, 0.6) is 0 Å². The Balaban J connectivity index is 2.47. The first-order valence-corrected chi connectivity index (χ1v) is 6.57. The Hall–Kier alpha value is -1.13. The van der Waals surface area contributed by atoms with Gasteiger partial charge in [0.15, 0.2) is 0 Å². The van der Waals surface area contributed by atoms with Crippen LogP contribution in [-0.4, -0.2) is 16.3 Å². The van der Waals surface area contributed by atoms with Crippen molar-refractivity contribution in [3.63, 3.8) is 0 Å². The predicted octanol–water partition coefficient (Wildman–Crippen LogP) is 2.83. The lowest BCUT2D eigenvalue weighted by Gasteiger charge is -2.06. The van der Waals surface area contributed by atoms with Gasteiger partial charge in [-0.05, 0) is 25.6 Å². The summed E-state index contributed by atoms with van der Waals surface area (Å²) in [6.07, 6.45) is 0.824. The summed E-state index contributed by atoms with van der Waals surface area (Å²) in [7, 11) is 0. The summed E-state index contributed by atoms with van der Waals surface area (Å²) in [6, 6.07) is 10.3. The van der Waals surface area contributed by atoms with Crippen LogP contribution in [0.4, 0.5) is 0 Å². The Kier molecular flexibility index (Phi) is 3.97. The van der Waals surface area contributed by atoms with Crippen molar-refractivity contribution in [2.45, 2.75) is 19.9 Å². The summed E-state index contributed by atoms with van der Waals surface area (Å²) < 4.78 is 3.11. The smallest absolute Gasteiger partial charge is 0.0696 e. The Morgan fingerprint density at radius 1 is 1.35 bits per heavy atom. The highest BCUT2D eigenvalue weighted by molar-refractivity contribution is 9.10. The van der Waals surface area contributed by atoms with Crippen molar-refractivity contribution in [1.29, 1.82) is 0 Å². The van der Waals surface area contributed by atoms with E-state index >= 15 is 0 Å². The third kappa shape index (κ3) is 2.58. The van der Waals surface area contributed by atoms with Crippen molar-refractivity contribution in [2.24, 2.45) is 5.73 Å². The molecule has 1 heterocycles. The lowest BCUT2D eigenvalue weighted by molar-refractivity contribution is 0.652. The molecular weight excluding hydrogens is 278 g/mol. The van der Waals surface area contributed by atoms with Gasteiger partial charge in [-0.25, -0.2) is 0 Å². The van der Waals surface area contributed by atoms with Crippen molar-refractivity contribution in [3.8, 4) is 11.3 Å². The highest BCUT2D eigenvalue weighted by atomic mass is 79.9. The average molecular weight is 294 g/mol. The summed E-state index contributed by atoms with van der Waals surface area (Å²) in [5.41, 5.74) is 8.94. The van der Waals surface area contributed by atoms with Gasteiger partial charge >= 0.3 is 0 Å². The van der Waals surface area contributed by atoms with Crippen LogP contribution in [-0.2, 0) is 13.0 Å². The van der Waals surface area contributed by atoms with E-state index in [0.29, 0.717) is 6.54 Å². The van der Waals surface area contributed by atoms with Gasteiger partial charge in [0, 0.05) is 23.0 Å². The van der Waals surface area contributed by atoms with E-state index < -0.39 is 0 Å². The molecule has 0 aliphatic carbocycles. The predicted molar refractivity (Wildman–Crippen MR) is 73.8 cm³/mol. The minimum absolute atomic E-state index is 0.635. The fraction of sp³-hybridized carbons (Fsp3) is 0.308. The van der Waals surface area contributed by atoms with E-state index in [9.17, 15) is 0 Å². The van der Waals surface area contributed by atoms with Gasteiger partial charge in [0.2, 0.25) is 0 Å². The standard InChI is InChI=1S/C13H16BrN3/c1-2-17-13(9-10(16-17)7-8-15)11-5-3-4-6-12(11)14/h3-6,9H,2,7-8,15H2,1H3. The first-order valence-electron chi connectivity index (χ1n) is 5.78. The number of halogens is 1. The quantitative estimate of drug-likeness (QED) is 0.942. The molecule has 0 atom stereocenters. The number of nitrogens with zero attached hydrogens (tertiary/aromatic N) is 2. The Bertz CT molecular complexity index is 505. The molecule has 0 spiro atoms. The van der Waals surface area contributed by atoms with Gasteiger partial charge in [-0.15, -0.1) is 0 Å². The van der Waals surface area contributed by atoms with Gasteiger partial charge in [-0.2, -0.15) is 5.10 Å². The summed E-state index contributed by atoms with van der Waals surface area (Å²) in [6.45, 7) is 3.59. The van der Waals surface area contributed by atoms with Gasteiger partial charge in [0.25, 0.3) is 0 Å². The second kappa shape index (κ2) is 5.47. The van der Waals surface area contributed by atoms with Crippen molar-refractivity contribution in [1.82, 2.24) is 9.78 Å². The Labute approximate surface area is 110 Å². The molecule has 0 radical (unpaired) electrons. The molecule has 1 aromatic heterocycles. The van der Waals surface area contributed by atoms with E-state index in [-0.39, 0.29) is 0 Å². The number of hydrogen-bond donors (Lipinski definition) is 1. The number of hydrogen-bond acceptors (Lipinski definition) is 2. The molecule has 0 saturated carbocycles. The molecule has 0 unspecified atom stereocenters. The molecule has 1 aromatic carbocycles. The summed E-state index contributed by atoms with van der Waals surface area (Å²) >= 11 is 3.58. The second-order valence-electron chi connectivity index (χ2n) is 3.86. The van der Waals surface area contributed by atoms with Gasteiger partial charge in [0.1, 0.15) is 0 Å². The molecule has 17 heavy (non-hydrogen) atoms. The minimum Gasteiger partial charge on any atom is -0.330 e. The van der Waals surface area contributed by atoms with Crippen LogP contribution in [0.15, 0.2) is 34.8 Å². The van der Waals surface area contributed by atoms with Gasteiger partial charge in [-0.1, -0.05) is 34.1 Å². The lowest BCUT2D eigenvalue weighted by atomic mass is 10.1. The molecule has 0 bridgehead atoms. The highest BCUT2D eigenvalue weighted by Crippen LogP contribution is 2.28. The number of nitrogens with two attached hydrogens (primary N) is 1. The Morgan fingerprint density at radius 2 is 2.12 bits per heavy atom. The van der Waals surface area contributed by atoms with E-state index in [1.807, 2.05) is 22.9 Å². The number of aryl methyl sites for hydroxylation is 1. The van der Waals surface area contributed by atoms with E-state index in [4.69, 9.17) is 5.73 Å². The van der Waals surface area contributed by atoms with E-state index in [0.717, 1.165) is 28.8 Å². The van der Waals surface area contributed by atoms with E-state index in [1.165, 1.54) is 5.56 Å². The van der Waals surface area contributed by atoms with Crippen LogP contribution in [0.2, 0.25) is 0 Å². The molecule has 2 rings (SSSR count). The summed E-state index contributed by atoms with van der Waals surface area (Å²) in [5.74, 6) is 0. The zero-order valence-electron chi connectivity index (χ0n) is 9.86. The molecule has 0 saturated heterocycles. The van der Waals surface area contributed by atoms with Crippen molar-refractivity contribution in [3.05, 3.63) is 40.5 Å². The number of rotatable bonds is 4. The normalized spacial score (nSPS) is 10.8. The van der Waals surface area contributed by atoms with Crippen LogP contribution in [0, 0.1) is 0 Å². The fourth-order valence-corrected chi connectivity index (χ4v) is 2.35. The number of benzene rings is 1. The molecule has 3 nitrogen and oxygen atoms in total. The third-order valence-corrected chi connectivity index (χ3v) is 3.37. The zero-order chi connectivity index (χ0) is 12.3. The molecule has 0 fully saturated rings. The van der Waals surface area contributed by atoms with Gasteiger partial charge < -0.3 is 5.73 Å². The first kappa shape index (κ1) is 12.3. The van der Waals surface area contributed by atoms with Crippen LogP contribution in [0.1, 0.15) is 12.6 Å². The summed E-state index contributed by atoms with van der Waals surface area (Å²) in [5, 5.41) is 4.55. The molecule has 90 valence electrons. The topological polar surface area (TPSA) is 43.8 Å². The molecule has 4 heteroatoms. The van der Waals surface area contributed by atoms with Crippen LogP contribution >= 0.6 is 15.9 Å². The minimum atomic E-state index is 0.635. The molecular formula is C13H16BrN3. The molecule has 2 N–H and O–H groups in total. The monoisotopic (exact) mass is 293 g/mol. The largest absolute Gasteiger partial charge is 0.330 e. The summed E-state index contributed by atoms with van der Waals surface area (Å²) in [4.78, 5) is 0. The van der Waals surface area contributed by atoms with Crippen molar-refractivity contribution < 1.29 is 0 Å². The first-order chi connectivity index (χ1) is 8.26. The van der Waals surface area contributed by atoms with Crippen LogP contribution < -0.4 is 5.73 Å². The SMILES string of the molecule is CCn1nc(CCN)cc1-c1ccccc1Br. The lowest BCUT2D eigenvalue weighted by Crippen LogP contribution is -2.04. The van der Waals surface area contributed by atoms with Crippen molar-refractivity contribution >= 4 is 15.9 Å². The van der Waals surface area contributed by atoms with Crippen LogP contribution in [0.25, 0.3) is 11.3 Å². The zero-order valence-corrected chi connectivity index (χ0v) is 11.4. The maximum Gasteiger partial charge on any atom is 0.0696 e.